The van der Waals surface area contributed by atoms with Crippen molar-refractivity contribution < 1.29 is 4.79 Å². The predicted octanol–water partition coefficient (Wildman–Crippen LogP) is 4.47. The number of fused-ring (bicyclic) bond motifs is 1. The molecule has 0 bridgehead atoms. The van der Waals surface area contributed by atoms with Crippen molar-refractivity contribution in [2.24, 2.45) is 0 Å². The first-order valence-electron chi connectivity index (χ1n) is 8.12. The lowest BCUT2D eigenvalue weighted by atomic mass is 10.2. The van der Waals surface area contributed by atoms with E-state index in [0.717, 1.165) is 26.9 Å². The van der Waals surface area contributed by atoms with Gasteiger partial charge in [0.1, 0.15) is 5.01 Å². The van der Waals surface area contributed by atoms with Gasteiger partial charge >= 0.3 is 0 Å². The standard InChI is InChI=1S/C19H14ClN5OS/c1-12-22-23-19-25(12)24-18(27-19)14-3-2-4-16(11-14)21-17(26)10-7-13-5-8-15(20)9-6-13/h2-11H,1H3,(H,21,26)/b10-7+. The van der Waals surface area contributed by atoms with E-state index in [2.05, 4.69) is 20.6 Å². The average Bonchev–Trinajstić information content (AvgIpc) is 3.24. The van der Waals surface area contributed by atoms with Crippen LogP contribution in [-0.4, -0.2) is 25.7 Å². The number of carbonyl (C=O) groups is 1. The number of halogens is 1. The molecule has 0 radical (unpaired) electrons. The Kier molecular flexibility index (Phi) is 4.70. The molecule has 0 aliphatic heterocycles. The summed E-state index contributed by atoms with van der Waals surface area (Å²) < 4.78 is 1.71. The number of benzene rings is 2. The maximum Gasteiger partial charge on any atom is 0.248 e. The van der Waals surface area contributed by atoms with Crippen LogP contribution in [0.5, 0.6) is 0 Å². The fraction of sp³-hybridized carbons (Fsp3) is 0.0526. The second-order valence-corrected chi connectivity index (χ2v) is 7.20. The summed E-state index contributed by atoms with van der Waals surface area (Å²) in [5, 5.41) is 16.9. The zero-order valence-electron chi connectivity index (χ0n) is 14.3. The maximum absolute atomic E-state index is 12.2. The van der Waals surface area contributed by atoms with Crippen molar-refractivity contribution in [3.63, 3.8) is 0 Å². The molecule has 6 nitrogen and oxygen atoms in total. The number of amides is 1. The first-order chi connectivity index (χ1) is 13.1. The fourth-order valence-corrected chi connectivity index (χ4v) is 3.50. The quantitative estimate of drug-likeness (QED) is 0.517. The van der Waals surface area contributed by atoms with E-state index < -0.39 is 0 Å². The molecule has 0 unspecified atom stereocenters. The second kappa shape index (κ2) is 7.30. The molecule has 2 aromatic carbocycles. The summed E-state index contributed by atoms with van der Waals surface area (Å²) in [6.45, 7) is 1.85. The van der Waals surface area contributed by atoms with E-state index in [9.17, 15) is 4.79 Å². The van der Waals surface area contributed by atoms with Crippen molar-refractivity contribution >= 4 is 45.6 Å². The van der Waals surface area contributed by atoms with Crippen molar-refractivity contribution in [2.45, 2.75) is 6.92 Å². The zero-order chi connectivity index (χ0) is 18.8. The highest BCUT2D eigenvalue weighted by Gasteiger charge is 2.11. The molecule has 2 heterocycles. The minimum absolute atomic E-state index is 0.212. The van der Waals surface area contributed by atoms with Gasteiger partial charge in [0, 0.05) is 22.3 Å². The molecule has 0 atom stereocenters. The van der Waals surface area contributed by atoms with E-state index in [0.29, 0.717) is 10.7 Å². The molecule has 1 amide bonds. The molecule has 0 aliphatic rings. The molecule has 2 aromatic heterocycles. The number of anilines is 1. The Morgan fingerprint density at radius 1 is 1.19 bits per heavy atom. The maximum atomic E-state index is 12.2. The summed E-state index contributed by atoms with van der Waals surface area (Å²) in [5.41, 5.74) is 2.50. The highest BCUT2D eigenvalue weighted by molar-refractivity contribution is 7.19. The fourth-order valence-electron chi connectivity index (χ4n) is 2.49. The summed E-state index contributed by atoms with van der Waals surface area (Å²) in [6, 6.07) is 14.8. The highest BCUT2D eigenvalue weighted by Crippen LogP contribution is 2.27. The van der Waals surface area contributed by atoms with Gasteiger partial charge in [0.05, 0.1) is 0 Å². The molecule has 4 rings (SSSR count). The van der Waals surface area contributed by atoms with E-state index in [1.54, 1.807) is 22.7 Å². The Morgan fingerprint density at radius 3 is 2.78 bits per heavy atom. The lowest BCUT2D eigenvalue weighted by Crippen LogP contribution is -2.07. The molecule has 27 heavy (non-hydrogen) atoms. The van der Waals surface area contributed by atoms with Crippen LogP contribution in [0, 0.1) is 6.92 Å². The van der Waals surface area contributed by atoms with E-state index in [1.807, 2.05) is 43.3 Å². The van der Waals surface area contributed by atoms with Crippen molar-refractivity contribution in [1.82, 2.24) is 19.8 Å². The van der Waals surface area contributed by atoms with Crippen LogP contribution in [-0.2, 0) is 4.79 Å². The van der Waals surface area contributed by atoms with Crippen molar-refractivity contribution in [3.8, 4) is 10.6 Å². The Hall–Kier alpha value is -3.03. The predicted molar refractivity (Wildman–Crippen MR) is 108 cm³/mol. The van der Waals surface area contributed by atoms with Crippen LogP contribution in [0.3, 0.4) is 0 Å². The van der Waals surface area contributed by atoms with E-state index in [1.165, 1.54) is 17.4 Å². The van der Waals surface area contributed by atoms with Crippen LogP contribution < -0.4 is 5.32 Å². The zero-order valence-corrected chi connectivity index (χ0v) is 15.8. The Balaban J connectivity index is 1.50. The van der Waals surface area contributed by atoms with Crippen molar-refractivity contribution in [2.75, 3.05) is 5.32 Å². The SMILES string of the molecule is Cc1nnc2sc(-c3cccc(NC(=O)/C=C/c4ccc(Cl)cc4)c3)nn12. The summed E-state index contributed by atoms with van der Waals surface area (Å²) >= 11 is 7.31. The number of carbonyl (C=O) groups excluding carboxylic acids is 1. The van der Waals surface area contributed by atoms with Crippen molar-refractivity contribution in [3.05, 3.63) is 71.0 Å². The number of aryl methyl sites for hydroxylation is 1. The molecule has 0 spiro atoms. The highest BCUT2D eigenvalue weighted by atomic mass is 35.5. The van der Waals surface area contributed by atoms with E-state index in [4.69, 9.17) is 11.6 Å². The number of hydrogen-bond acceptors (Lipinski definition) is 5. The van der Waals surface area contributed by atoms with Crippen molar-refractivity contribution in [1.29, 1.82) is 0 Å². The van der Waals surface area contributed by atoms with Gasteiger partial charge in [-0.2, -0.15) is 9.61 Å². The van der Waals surface area contributed by atoms with Crippen LogP contribution in [0.15, 0.2) is 54.6 Å². The monoisotopic (exact) mass is 395 g/mol. The van der Waals surface area contributed by atoms with E-state index >= 15 is 0 Å². The van der Waals surface area contributed by atoms with Gasteiger partial charge in [0.25, 0.3) is 0 Å². The average molecular weight is 396 g/mol. The van der Waals surface area contributed by atoms with Gasteiger partial charge in [0.2, 0.25) is 10.9 Å². The number of hydrogen-bond donors (Lipinski definition) is 1. The second-order valence-electron chi connectivity index (χ2n) is 5.80. The Morgan fingerprint density at radius 2 is 2.00 bits per heavy atom. The molecule has 134 valence electrons. The van der Waals surface area contributed by atoms with Gasteiger partial charge in [-0.15, -0.1) is 10.2 Å². The first kappa shape index (κ1) is 17.4. The summed E-state index contributed by atoms with van der Waals surface area (Å²) in [6.07, 6.45) is 3.23. The molecule has 8 heteroatoms. The molecular formula is C19H14ClN5OS. The third kappa shape index (κ3) is 3.89. The summed E-state index contributed by atoms with van der Waals surface area (Å²) in [4.78, 5) is 12.9. The number of nitrogens with one attached hydrogen (secondary N) is 1. The topological polar surface area (TPSA) is 72.2 Å². The normalized spacial score (nSPS) is 11.3. The van der Waals surface area contributed by atoms with Gasteiger partial charge in [0.15, 0.2) is 5.82 Å². The van der Waals surface area contributed by atoms with Crippen LogP contribution in [0.2, 0.25) is 5.02 Å². The molecule has 0 fully saturated rings. The molecular weight excluding hydrogens is 382 g/mol. The van der Waals surface area contributed by atoms with Gasteiger partial charge in [-0.3, -0.25) is 4.79 Å². The van der Waals surface area contributed by atoms with Gasteiger partial charge in [-0.25, -0.2) is 0 Å². The number of rotatable bonds is 4. The Labute approximate surface area is 164 Å². The summed E-state index contributed by atoms with van der Waals surface area (Å²) in [7, 11) is 0. The smallest absolute Gasteiger partial charge is 0.248 e. The molecule has 0 aliphatic carbocycles. The van der Waals surface area contributed by atoms with Gasteiger partial charge in [-0.1, -0.05) is 47.2 Å². The lowest BCUT2D eigenvalue weighted by molar-refractivity contribution is -0.111. The lowest BCUT2D eigenvalue weighted by Gasteiger charge is -2.04. The summed E-state index contributed by atoms with van der Waals surface area (Å²) in [5.74, 6) is 0.528. The molecule has 0 saturated heterocycles. The number of nitrogens with zero attached hydrogens (tertiary/aromatic N) is 4. The molecule has 0 saturated carbocycles. The van der Waals surface area contributed by atoms with Crippen LogP contribution >= 0.6 is 22.9 Å². The third-order valence-corrected chi connectivity index (χ3v) is 5.02. The van der Waals surface area contributed by atoms with Gasteiger partial charge < -0.3 is 5.32 Å². The largest absolute Gasteiger partial charge is 0.322 e. The minimum Gasteiger partial charge on any atom is -0.322 e. The number of aromatic nitrogens is 4. The molecule has 1 N–H and O–H groups in total. The molecule has 4 aromatic rings. The third-order valence-electron chi connectivity index (χ3n) is 3.82. The first-order valence-corrected chi connectivity index (χ1v) is 9.32. The van der Waals surface area contributed by atoms with E-state index in [-0.39, 0.29) is 5.91 Å². The minimum atomic E-state index is -0.212. The van der Waals surface area contributed by atoms with Crippen LogP contribution in [0.1, 0.15) is 11.4 Å². The Bertz CT molecular complexity index is 1150. The van der Waals surface area contributed by atoms with Crippen LogP contribution in [0.25, 0.3) is 21.6 Å². The van der Waals surface area contributed by atoms with Crippen LogP contribution in [0.4, 0.5) is 5.69 Å². The van der Waals surface area contributed by atoms with Gasteiger partial charge in [-0.05, 0) is 42.8 Å².